The first-order valence-corrected chi connectivity index (χ1v) is 8.05. The number of rotatable bonds is 3. The highest BCUT2D eigenvalue weighted by atomic mass is 16.1. The Hall–Kier alpha value is -1.61. The van der Waals surface area contributed by atoms with Crippen molar-refractivity contribution < 1.29 is 4.79 Å². The molecular weight excluding hydrogens is 260 g/mol. The maximum Gasteiger partial charge on any atom is 0.252 e. The summed E-state index contributed by atoms with van der Waals surface area (Å²) in [5, 5.41) is 3.24. The number of carbonyl (C=O) groups excluding carboxylic acids is 1. The molecular formula is C18H22N2O. The van der Waals surface area contributed by atoms with Gasteiger partial charge in [0.2, 0.25) is 0 Å². The zero-order valence-electron chi connectivity index (χ0n) is 12.8. The van der Waals surface area contributed by atoms with Gasteiger partial charge in [-0.15, -0.1) is 0 Å². The molecule has 0 unspecified atom stereocenters. The number of allylic oxidation sites excluding steroid dienone is 6. The highest BCUT2D eigenvalue weighted by Crippen LogP contribution is 2.51. The maximum absolute atomic E-state index is 12.5. The van der Waals surface area contributed by atoms with Crippen molar-refractivity contribution >= 4 is 5.91 Å². The van der Waals surface area contributed by atoms with Crippen LogP contribution in [0.15, 0.2) is 46.1 Å². The van der Waals surface area contributed by atoms with Crippen LogP contribution in [0.5, 0.6) is 0 Å². The summed E-state index contributed by atoms with van der Waals surface area (Å²) in [6.07, 6.45) is 9.54. The van der Waals surface area contributed by atoms with Crippen LogP contribution in [-0.4, -0.2) is 36.0 Å². The molecule has 3 nitrogen and oxygen atoms in total. The first-order chi connectivity index (χ1) is 10.1. The Morgan fingerprint density at radius 2 is 2.00 bits per heavy atom. The van der Waals surface area contributed by atoms with Crippen molar-refractivity contribution in [2.75, 3.05) is 13.1 Å². The summed E-state index contributed by atoms with van der Waals surface area (Å²) in [5.74, 6) is 0.109. The second-order valence-corrected chi connectivity index (χ2v) is 6.78. The SMILES string of the molecule is CC(C)N1CCC(NC(=O)C2=C3C=C4CC4=C3C=C2)CC1. The fraction of sp³-hybridized carbons (Fsp3) is 0.500. The predicted molar refractivity (Wildman–Crippen MR) is 83.8 cm³/mol. The zero-order valence-corrected chi connectivity index (χ0v) is 12.8. The highest BCUT2D eigenvalue weighted by Gasteiger charge is 2.36. The molecule has 0 radical (unpaired) electrons. The Morgan fingerprint density at radius 1 is 1.24 bits per heavy atom. The number of nitrogens with one attached hydrogen (secondary N) is 1. The molecule has 4 aliphatic rings. The standard InChI is InChI=1S/C18H22N2O/c1-11(2)20-7-5-13(6-8-20)19-18(21)15-4-3-14-16-9-12(16)10-17(14)15/h3-4,10-11,13H,5-9H2,1-2H3,(H,19,21). The normalized spacial score (nSPS) is 24.6. The molecule has 0 aromatic rings. The molecule has 3 heteroatoms. The second kappa shape index (κ2) is 4.70. The van der Waals surface area contributed by atoms with E-state index in [-0.39, 0.29) is 5.91 Å². The van der Waals surface area contributed by atoms with Crippen LogP contribution in [0.2, 0.25) is 0 Å². The van der Waals surface area contributed by atoms with Crippen LogP contribution in [0, 0.1) is 0 Å². The summed E-state index contributed by atoms with van der Waals surface area (Å²) < 4.78 is 0. The number of carbonyl (C=O) groups is 1. The van der Waals surface area contributed by atoms with Gasteiger partial charge in [-0.3, -0.25) is 4.79 Å². The topological polar surface area (TPSA) is 32.3 Å². The summed E-state index contributed by atoms with van der Waals surface area (Å²) >= 11 is 0. The molecule has 21 heavy (non-hydrogen) atoms. The van der Waals surface area contributed by atoms with Crippen LogP contribution < -0.4 is 5.32 Å². The van der Waals surface area contributed by atoms with Gasteiger partial charge in [0.1, 0.15) is 0 Å². The van der Waals surface area contributed by atoms with E-state index in [1.165, 1.54) is 16.7 Å². The van der Waals surface area contributed by atoms with E-state index in [0.29, 0.717) is 12.1 Å². The molecule has 0 atom stereocenters. The Balaban J connectivity index is 1.40. The molecule has 0 spiro atoms. The van der Waals surface area contributed by atoms with E-state index in [0.717, 1.165) is 43.5 Å². The van der Waals surface area contributed by atoms with Gasteiger partial charge in [0.15, 0.2) is 0 Å². The van der Waals surface area contributed by atoms with Gasteiger partial charge in [-0.1, -0.05) is 6.08 Å². The van der Waals surface area contributed by atoms with Crippen molar-refractivity contribution in [3.8, 4) is 0 Å². The number of likely N-dealkylation sites (tertiary alicyclic amines) is 1. The summed E-state index contributed by atoms with van der Waals surface area (Å²) in [6.45, 7) is 6.65. The maximum atomic E-state index is 12.5. The summed E-state index contributed by atoms with van der Waals surface area (Å²) in [6, 6.07) is 0.935. The van der Waals surface area contributed by atoms with Crippen molar-refractivity contribution in [1.82, 2.24) is 10.2 Å². The molecule has 110 valence electrons. The van der Waals surface area contributed by atoms with Gasteiger partial charge in [0.05, 0.1) is 0 Å². The number of fused-ring (bicyclic) bond motifs is 2. The van der Waals surface area contributed by atoms with Crippen LogP contribution in [0.4, 0.5) is 0 Å². The average molecular weight is 282 g/mol. The quantitative estimate of drug-likeness (QED) is 0.862. The molecule has 0 bridgehead atoms. The first kappa shape index (κ1) is 13.1. The molecule has 1 aliphatic heterocycles. The number of hydrogen-bond donors (Lipinski definition) is 1. The van der Waals surface area contributed by atoms with E-state index >= 15 is 0 Å². The van der Waals surface area contributed by atoms with Crippen molar-refractivity contribution in [1.29, 1.82) is 0 Å². The second-order valence-electron chi connectivity index (χ2n) is 6.78. The molecule has 1 saturated heterocycles. The Morgan fingerprint density at radius 3 is 2.71 bits per heavy atom. The fourth-order valence-corrected chi connectivity index (χ4v) is 3.66. The van der Waals surface area contributed by atoms with Gasteiger partial charge in [0.25, 0.3) is 5.91 Å². The van der Waals surface area contributed by atoms with E-state index < -0.39 is 0 Å². The van der Waals surface area contributed by atoms with Crippen molar-refractivity contribution in [2.24, 2.45) is 0 Å². The molecule has 1 N–H and O–H groups in total. The molecule has 1 saturated carbocycles. The third-order valence-corrected chi connectivity index (χ3v) is 5.11. The highest BCUT2D eigenvalue weighted by molar-refractivity contribution is 6.01. The predicted octanol–water partition coefficient (Wildman–Crippen LogP) is 2.48. The van der Waals surface area contributed by atoms with Gasteiger partial charge >= 0.3 is 0 Å². The molecule has 3 aliphatic carbocycles. The van der Waals surface area contributed by atoms with E-state index in [4.69, 9.17) is 0 Å². The van der Waals surface area contributed by atoms with Crippen molar-refractivity contribution in [2.45, 2.75) is 45.2 Å². The molecule has 0 aromatic heterocycles. The Kier molecular flexibility index (Phi) is 2.93. The lowest BCUT2D eigenvalue weighted by molar-refractivity contribution is -0.118. The minimum absolute atomic E-state index is 0.109. The number of piperidine rings is 1. The monoisotopic (exact) mass is 282 g/mol. The van der Waals surface area contributed by atoms with Gasteiger partial charge in [-0.2, -0.15) is 0 Å². The van der Waals surface area contributed by atoms with E-state index in [2.05, 4.69) is 36.2 Å². The lowest BCUT2D eigenvalue weighted by Crippen LogP contribution is -2.46. The number of nitrogens with zero attached hydrogens (tertiary/aromatic N) is 1. The Bertz CT molecular complexity index is 626. The summed E-state index contributed by atoms with van der Waals surface area (Å²) in [4.78, 5) is 15.0. The van der Waals surface area contributed by atoms with Gasteiger partial charge in [-0.05, 0) is 67.6 Å². The van der Waals surface area contributed by atoms with E-state index in [9.17, 15) is 4.79 Å². The van der Waals surface area contributed by atoms with Gasteiger partial charge < -0.3 is 10.2 Å². The molecule has 0 aromatic carbocycles. The van der Waals surface area contributed by atoms with E-state index in [1.54, 1.807) is 0 Å². The van der Waals surface area contributed by atoms with Crippen LogP contribution >= 0.6 is 0 Å². The minimum atomic E-state index is 0.109. The van der Waals surface area contributed by atoms with Crippen LogP contribution in [0.25, 0.3) is 0 Å². The van der Waals surface area contributed by atoms with Crippen molar-refractivity contribution in [3.05, 3.63) is 46.1 Å². The first-order valence-electron chi connectivity index (χ1n) is 8.05. The zero-order chi connectivity index (χ0) is 14.6. The average Bonchev–Trinajstić information content (AvgIpc) is 2.94. The smallest absolute Gasteiger partial charge is 0.252 e. The number of hydrogen-bond acceptors (Lipinski definition) is 2. The molecule has 1 heterocycles. The lowest BCUT2D eigenvalue weighted by Gasteiger charge is -2.34. The minimum Gasteiger partial charge on any atom is -0.349 e. The largest absolute Gasteiger partial charge is 0.349 e. The van der Waals surface area contributed by atoms with Crippen molar-refractivity contribution in [3.63, 3.8) is 0 Å². The third kappa shape index (κ3) is 2.20. The van der Waals surface area contributed by atoms with Crippen LogP contribution in [0.1, 0.15) is 33.1 Å². The number of amides is 1. The summed E-state index contributed by atoms with van der Waals surface area (Å²) in [7, 11) is 0. The van der Waals surface area contributed by atoms with Gasteiger partial charge in [-0.25, -0.2) is 0 Å². The Labute approximate surface area is 126 Å². The van der Waals surface area contributed by atoms with Crippen LogP contribution in [0.3, 0.4) is 0 Å². The molecule has 4 rings (SSSR count). The van der Waals surface area contributed by atoms with Crippen LogP contribution in [-0.2, 0) is 4.79 Å². The fourth-order valence-electron chi connectivity index (χ4n) is 3.66. The third-order valence-electron chi connectivity index (χ3n) is 5.11. The summed E-state index contributed by atoms with van der Waals surface area (Å²) in [5.41, 5.74) is 6.20. The lowest BCUT2D eigenvalue weighted by atomic mass is 10.0. The van der Waals surface area contributed by atoms with E-state index in [1.807, 2.05) is 6.08 Å². The molecule has 2 fully saturated rings. The van der Waals surface area contributed by atoms with Gasteiger partial charge in [0, 0.05) is 30.7 Å². The molecule has 1 amide bonds.